The van der Waals surface area contributed by atoms with Crippen molar-refractivity contribution in [1.82, 2.24) is 0 Å². The van der Waals surface area contributed by atoms with Gasteiger partial charge in [0.15, 0.2) is 0 Å². The summed E-state index contributed by atoms with van der Waals surface area (Å²) in [5.74, 6) is 0. The van der Waals surface area contributed by atoms with Crippen LogP contribution in [0.4, 0.5) is 0 Å². The monoisotopic (exact) mass is 460 g/mol. The third kappa shape index (κ3) is 22.7. The molecular weight excluding hydrogens is 406 g/mol. The molecule has 0 radical (unpaired) electrons. The summed E-state index contributed by atoms with van der Waals surface area (Å²) < 4.78 is 1.24. The highest BCUT2D eigenvalue weighted by molar-refractivity contribution is 9.09. The normalized spacial score (nSPS) is 12.0. The summed E-state index contributed by atoms with van der Waals surface area (Å²) in [7, 11) is 4.89. The van der Waals surface area contributed by atoms with Crippen LogP contribution in [-0.2, 0) is 0 Å². The number of unbranched alkanes of at least 4 members (excludes halogenated alkanes) is 18. The summed E-state index contributed by atoms with van der Waals surface area (Å²) in [6.07, 6.45) is 28.9. The maximum atomic E-state index is 3.51. The summed E-state index contributed by atoms with van der Waals surface area (Å²) in [5.41, 5.74) is 0. The van der Waals surface area contributed by atoms with Crippen LogP contribution in [0, 0.1) is 0 Å². The van der Waals surface area contributed by atoms with Crippen molar-refractivity contribution in [3.8, 4) is 0 Å². The van der Waals surface area contributed by atoms with Gasteiger partial charge in [0.05, 0.1) is 27.2 Å². The van der Waals surface area contributed by atoms with Crippen LogP contribution in [0.1, 0.15) is 135 Å². The van der Waals surface area contributed by atoms with E-state index >= 15 is 0 Å². The van der Waals surface area contributed by atoms with Crippen LogP contribution in [0.3, 0.4) is 0 Å². The molecule has 0 N–H and O–H groups in total. The highest BCUT2D eigenvalue weighted by Crippen LogP contribution is 2.14. The maximum absolute atomic E-state index is 3.51. The van der Waals surface area contributed by atoms with Crippen LogP contribution in [0.25, 0.3) is 0 Å². The average Bonchev–Trinajstić information content (AvgIpc) is 2.67. The van der Waals surface area contributed by atoms with Crippen molar-refractivity contribution in [1.29, 1.82) is 0 Å². The lowest BCUT2D eigenvalue weighted by Gasteiger charge is -2.30. The highest BCUT2D eigenvalue weighted by Gasteiger charge is 2.13. The Bertz CT molecular complexity index is 290. The lowest BCUT2D eigenvalue weighted by molar-refractivity contribution is -0.890. The first-order chi connectivity index (χ1) is 13.6. The van der Waals surface area contributed by atoms with Crippen molar-refractivity contribution < 1.29 is 4.48 Å². The molecule has 1 nitrogen and oxygen atoms in total. The third-order valence-electron chi connectivity index (χ3n) is 6.26. The van der Waals surface area contributed by atoms with Gasteiger partial charge in [0.25, 0.3) is 0 Å². The zero-order valence-electron chi connectivity index (χ0n) is 20.1. The molecule has 0 rings (SSSR count). The lowest BCUT2D eigenvalue weighted by Crippen LogP contribution is -2.41. The molecule has 0 saturated carbocycles. The predicted molar refractivity (Wildman–Crippen MR) is 134 cm³/mol. The van der Waals surface area contributed by atoms with Crippen molar-refractivity contribution in [2.24, 2.45) is 0 Å². The molecule has 0 heterocycles. The van der Waals surface area contributed by atoms with E-state index in [1.54, 1.807) is 0 Å². The van der Waals surface area contributed by atoms with Gasteiger partial charge >= 0.3 is 0 Å². The van der Waals surface area contributed by atoms with Gasteiger partial charge in [0.2, 0.25) is 0 Å². The summed E-state index contributed by atoms with van der Waals surface area (Å²) in [4.78, 5) is 0. The first kappa shape index (κ1) is 28.4. The molecule has 0 aromatic rings. The number of nitrogens with zero attached hydrogens (tertiary/aromatic N) is 1. The van der Waals surface area contributed by atoms with Gasteiger partial charge in [-0.2, -0.15) is 0 Å². The molecule has 2 heteroatoms. The Balaban J connectivity index is 3.30. The predicted octanol–water partition coefficient (Wildman–Crippen LogP) is 9.28. The molecule has 28 heavy (non-hydrogen) atoms. The molecule has 0 aliphatic carbocycles. The second kappa shape index (κ2) is 22.1. The topological polar surface area (TPSA) is 0 Å². The van der Waals surface area contributed by atoms with Gasteiger partial charge < -0.3 is 4.48 Å². The molecule has 0 atom stereocenters. The van der Waals surface area contributed by atoms with E-state index in [9.17, 15) is 0 Å². The van der Waals surface area contributed by atoms with E-state index in [4.69, 9.17) is 0 Å². The van der Waals surface area contributed by atoms with E-state index < -0.39 is 0 Å². The quantitative estimate of drug-likeness (QED) is 0.0808. The van der Waals surface area contributed by atoms with Gasteiger partial charge in [-0.25, -0.2) is 0 Å². The van der Waals surface area contributed by atoms with Crippen molar-refractivity contribution in [3.05, 3.63) is 0 Å². The fraction of sp³-hybridized carbons (Fsp3) is 1.00. The minimum absolute atomic E-state index is 1.18. The van der Waals surface area contributed by atoms with Crippen molar-refractivity contribution in [2.75, 3.05) is 32.5 Å². The Morgan fingerprint density at radius 1 is 0.429 bits per heavy atom. The van der Waals surface area contributed by atoms with Gasteiger partial charge in [0, 0.05) is 5.33 Å². The molecule has 0 saturated heterocycles. The van der Waals surface area contributed by atoms with Crippen molar-refractivity contribution in [3.63, 3.8) is 0 Å². The minimum atomic E-state index is 1.18. The number of quaternary nitrogens is 1. The fourth-order valence-electron chi connectivity index (χ4n) is 4.19. The first-order valence-corrected chi connectivity index (χ1v) is 14.1. The van der Waals surface area contributed by atoms with Crippen molar-refractivity contribution >= 4 is 15.9 Å². The molecule has 170 valence electrons. The fourth-order valence-corrected chi connectivity index (χ4v) is 4.58. The Labute approximate surface area is 188 Å². The molecule has 0 aliphatic heterocycles. The molecule has 0 spiro atoms. The maximum Gasteiger partial charge on any atom is 0.0782 e. The minimum Gasteiger partial charge on any atom is -0.328 e. The summed E-state index contributed by atoms with van der Waals surface area (Å²) in [6.45, 7) is 5.06. The summed E-state index contributed by atoms with van der Waals surface area (Å²) in [5, 5.41) is 1.18. The SMILES string of the molecule is CCCCCCCCCCCC[N+](C)(C)CCCCCCCCCCCCBr. The molecule has 0 aromatic carbocycles. The van der Waals surface area contributed by atoms with Gasteiger partial charge in [-0.05, 0) is 32.1 Å². The molecular formula is C26H55BrN+. The van der Waals surface area contributed by atoms with Gasteiger partial charge in [-0.3, -0.25) is 0 Å². The van der Waals surface area contributed by atoms with Crippen molar-refractivity contribution in [2.45, 2.75) is 135 Å². The summed E-state index contributed by atoms with van der Waals surface area (Å²) >= 11 is 3.51. The van der Waals surface area contributed by atoms with E-state index in [2.05, 4.69) is 36.9 Å². The van der Waals surface area contributed by atoms with Crippen LogP contribution < -0.4 is 0 Å². The number of hydrogen-bond acceptors (Lipinski definition) is 0. The molecule has 0 amide bonds. The zero-order valence-corrected chi connectivity index (χ0v) is 21.7. The Morgan fingerprint density at radius 3 is 1.04 bits per heavy atom. The first-order valence-electron chi connectivity index (χ1n) is 13.0. The van der Waals surface area contributed by atoms with Crippen LogP contribution in [0.5, 0.6) is 0 Å². The smallest absolute Gasteiger partial charge is 0.0782 e. The van der Waals surface area contributed by atoms with Gasteiger partial charge in [0.1, 0.15) is 0 Å². The Hall–Kier alpha value is 0.440. The number of hydrogen-bond donors (Lipinski definition) is 0. The van der Waals surface area contributed by atoms with Crippen LogP contribution in [0.15, 0.2) is 0 Å². The number of halogens is 1. The zero-order chi connectivity index (χ0) is 20.8. The Morgan fingerprint density at radius 2 is 0.714 bits per heavy atom. The molecule has 0 unspecified atom stereocenters. The molecule has 0 aromatic heterocycles. The largest absolute Gasteiger partial charge is 0.328 e. The second-order valence-corrected chi connectivity index (χ2v) is 10.6. The second-order valence-electron chi connectivity index (χ2n) is 9.79. The number of alkyl halides is 1. The van der Waals surface area contributed by atoms with E-state index in [0.29, 0.717) is 0 Å². The van der Waals surface area contributed by atoms with E-state index in [1.165, 1.54) is 151 Å². The van der Waals surface area contributed by atoms with Crippen LogP contribution in [0.2, 0.25) is 0 Å². The number of rotatable bonds is 23. The van der Waals surface area contributed by atoms with E-state index in [0.717, 1.165) is 0 Å². The average molecular weight is 462 g/mol. The van der Waals surface area contributed by atoms with Gasteiger partial charge in [-0.1, -0.05) is 119 Å². The van der Waals surface area contributed by atoms with E-state index in [-0.39, 0.29) is 0 Å². The van der Waals surface area contributed by atoms with Gasteiger partial charge in [-0.15, -0.1) is 0 Å². The van der Waals surface area contributed by atoms with Crippen LogP contribution >= 0.6 is 15.9 Å². The molecule has 0 fully saturated rings. The molecule has 0 aliphatic rings. The third-order valence-corrected chi connectivity index (χ3v) is 6.82. The Kier molecular flexibility index (Phi) is 22.5. The summed E-state index contributed by atoms with van der Waals surface area (Å²) in [6, 6.07) is 0. The molecule has 0 bridgehead atoms. The van der Waals surface area contributed by atoms with Crippen LogP contribution in [-0.4, -0.2) is 37.0 Å². The lowest BCUT2D eigenvalue weighted by atomic mass is 10.1. The van der Waals surface area contributed by atoms with E-state index in [1.807, 2.05) is 0 Å². The highest BCUT2D eigenvalue weighted by atomic mass is 79.9. The standard InChI is InChI=1S/C26H55BrN/c1-4-5-6-7-8-9-13-16-19-22-25-28(2,3)26-23-20-17-14-11-10-12-15-18-21-24-27/h4-26H2,1-3H3/q+1.